The highest BCUT2D eigenvalue weighted by Gasteiger charge is 2.12. The molecule has 20 heavy (non-hydrogen) atoms. The average Bonchev–Trinajstić information content (AvgIpc) is 2.88. The Labute approximate surface area is 122 Å². The predicted octanol–water partition coefficient (Wildman–Crippen LogP) is 3.36. The van der Waals surface area contributed by atoms with Crippen LogP contribution in [0, 0.1) is 0 Å². The molecule has 1 N–H and O–H groups in total. The SMILES string of the molecule is CCOC(=O)c1csc(NC(C)Cc2ccccc2)n1. The standard InChI is InChI=1S/C15H18N2O2S/c1-3-19-14(18)13-10-20-15(17-13)16-11(2)9-12-7-5-4-6-8-12/h4-8,10-11H,3,9H2,1-2H3,(H,16,17). The summed E-state index contributed by atoms with van der Waals surface area (Å²) in [4.78, 5) is 15.8. The van der Waals surface area contributed by atoms with Gasteiger partial charge in [-0.2, -0.15) is 0 Å². The normalized spacial score (nSPS) is 11.9. The van der Waals surface area contributed by atoms with E-state index in [0.717, 1.165) is 11.6 Å². The Kier molecular flexibility index (Phi) is 5.12. The zero-order chi connectivity index (χ0) is 14.4. The van der Waals surface area contributed by atoms with Gasteiger partial charge in [0.15, 0.2) is 10.8 Å². The van der Waals surface area contributed by atoms with Crippen LogP contribution in [0.5, 0.6) is 0 Å². The van der Waals surface area contributed by atoms with Gasteiger partial charge >= 0.3 is 5.97 Å². The zero-order valence-electron chi connectivity index (χ0n) is 11.6. The van der Waals surface area contributed by atoms with Crippen molar-refractivity contribution >= 4 is 22.4 Å². The lowest BCUT2D eigenvalue weighted by Gasteiger charge is -2.12. The van der Waals surface area contributed by atoms with Crippen LogP contribution < -0.4 is 5.32 Å². The lowest BCUT2D eigenvalue weighted by molar-refractivity contribution is 0.0520. The summed E-state index contributed by atoms with van der Waals surface area (Å²) in [5.74, 6) is -0.368. The van der Waals surface area contributed by atoms with E-state index in [1.807, 2.05) is 18.2 Å². The van der Waals surface area contributed by atoms with Crippen LogP contribution in [-0.4, -0.2) is 23.6 Å². The first-order valence-electron chi connectivity index (χ1n) is 6.62. The Morgan fingerprint density at radius 3 is 2.85 bits per heavy atom. The first-order valence-corrected chi connectivity index (χ1v) is 7.50. The second-order valence-corrected chi connectivity index (χ2v) is 5.35. The average molecular weight is 290 g/mol. The van der Waals surface area contributed by atoms with Gasteiger partial charge in [0.25, 0.3) is 0 Å². The lowest BCUT2D eigenvalue weighted by Crippen LogP contribution is -2.18. The molecule has 0 saturated heterocycles. The Balaban J connectivity index is 1.91. The molecule has 2 rings (SSSR count). The molecule has 0 fully saturated rings. The van der Waals surface area contributed by atoms with Gasteiger partial charge in [-0.15, -0.1) is 11.3 Å². The maximum Gasteiger partial charge on any atom is 0.357 e. The molecule has 1 unspecified atom stereocenters. The second kappa shape index (κ2) is 7.05. The van der Waals surface area contributed by atoms with Gasteiger partial charge in [-0.25, -0.2) is 9.78 Å². The molecule has 1 heterocycles. The molecule has 4 nitrogen and oxygen atoms in total. The van der Waals surface area contributed by atoms with Gasteiger partial charge in [0, 0.05) is 11.4 Å². The third kappa shape index (κ3) is 4.06. The van der Waals surface area contributed by atoms with Gasteiger partial charge in [0.2, 0.25) is 0 Å². The number of nitrogens with one attached hydrogen (secondary N) is 1. The molecule has 1 aromatic carbocycles. The van der Waals surface area contributed by atoms with E-state index < -0.39 is 0 Å². The molecule has 5 heteroatoms. The Morgan fingerprint density at radius 2 is 2.15 bits per heavy atom. The van der Waals surface area contributed by atoms with Crippen molar-refractivity contribution in [3.8, 4) is 0 Å². The number of rotatable bonds is 6. The van der Waals surface area contributed by atoms with Gasteiger partial charge in [-0.05, 0) is 25.8 Å². The summed E-state index contributed by atoms with van der Waals surface area (Å²) in [6.07, 6.45) is 0.912. The molecule has 1 aromatic heterocycles. The van der Waals surface area contributed by atoms with Crippen molar-refractivity contribution in [2.24, 2.45) is 0 Å². The van der Waals surface area contributed by atoms with Gasteiger partial charge in [0.1, 0.15) is 0 Å². The molecule has 0 radical (unpaired) electrons. The van der Waals surface area contributed by atoms with Crippen LogP contribution in [0.4, 0.5) is 5.13 Å². The molecule has 0 amide bonds. The van der Waals surface area contributed by atoms with Crippen molar-refractivity contribution in [1.82, 2.24) is 4.98 Å². The number of hydrogen-bond acceptors (Lipinski definition) is 5. The third-order valence-corrected chi connectivity index (χ3v) is 3.52. The monoisotopic (exact) mass is 290 g/mol. The quantitative estimate of drug-likeness (QED) is 0.829. The summed E-state index contributed by atoms with van der Waals surface area (Å²) in [5, 5.41) is 5.77. The van der Waals surface area contributed by atoms with Gasteiger partial charge in [-0.3, -0.25) is 0 Å². The summed E-state index contributed by atoms with van der Waals surface area (Å²) in [6, 6.07) is 10.5. The highest BCUT2D eigenvalue weighted by molar-refractivity contribution is 7.13. The number of thiazole rings is 1. The van der Waals surface area contributed by atoms with Crippen LogP contribution in [0.2, 0.25) is 0 Å². The largest absolute Gasteiger partial charge is 0.461 e. The van der Waals surface area contributed by atoms with Crippen LogP contribution in [0.3, 0.4) is 0 Å². The fourth-order valence-corrected chi connectivity index (χ4v) is 2.66. The summed E-state index contributed by atoms with van der Waals surface area (Å²) in [7, 11) is 0. The van der Waals surface area contributed by atoms with E-state index in [-0.39, 0.29) is 12.0 Å². The lowest BCUT2D eigenvalue weighted by atomic mass is 10.1. The second-order valence-electron chi connectivity index (χ2n) is 4.49. The molecule has 106 valence electrons. The van der Waals surface area contributed by atoms with Crippen LogP contribution in [0.15, 0.2) is 35.7 Å². The number of ether oxygens (including phenoxy) is 1. The van der Waals surface area contributed by atoms with Crippen molar-refractivity contribution in [1.29, 1.82) is 0 Å². The molecule has 0 aliphatic heterocycles. The maximum absolute atomic E-state index is 11.5. The van der Waals surface area contributed by atoms with E-state index in [2.05, 4.69) is 29.4 Å². The third-order valence-electron chi connectivity index (χ3n) is 2.74. The number of hydrogen-bond donors (Lipinski definition) is 1. The summed E-state index contributed by atoms with van der Waals surface area (Å²) < 4.78 is 4.92. The van der Waals surface area contributed by atoms with E-state index in [1.54, 1.807) is 12.3 Å². The number of benzene rings is 1. The number of esters is 1. The fraction of sp³-hybridized carbons (Fsp3) is 0.333. The van der Waals surface area contributed by atoms with Crippen molar-refractivity contribution in [2.45, 2.75) is 26.3 Å². The minimum atomic E-state index is -0.368. The molecule has 0 bridgehead atoms. The highest BCUT2D eigenvalue weighted by Crippen LogP contribution is 2.18. The topological polar surface area (TPSA) is 51.2 Å². The van der Waals surface area contributed by atoms with Crippen molar-refractivity contribution in [2.75, 3.05) is 11.9 Å². The van der Waals surface area contributed by atoms with Crippen LogP contribution in [0.25, 0.3) is 0 Å². The molecular weight excluding hydrogens is 272 g/mol. The number of carbonyl (C=O) groups excluding carboxylic acids is 1. The predicted molar refractivity (Wildman–Crippen MR) is 81.3 cm³/mol. The van der Waals surface area contributed by atoms with Crippen LogP contribution >= 0.6 is 11.3 Å². The highest BCUT2D eigenvalue weighted by atomic mass is 32.1. The fourth-order valence-electron chi connectivity index (χ4n) is 1.87. The van der Waals surface area contributed by atoms with Crippen molar-refractivity contribution in [3.05, 3.63) is 47.0 Å². The first-order chi connectivity index (χ1) is 9.69. The molecular formula is C15H18N2O2S. The number of carbonyl (C=O) groups is 1. The van der Waals surface area contributed by atoms with E-state index in [4.69, 9.17) is 4.74 Å². The Hall–Kier alpha value is -1.88. The van der Waals surface area contributed by atoms with Gasteiger partial charge < -0.3 is 10.1 Å². The zero-order valence-corrected chi connectivity index (χ0v) is 12.4. The van der Waals surface area contributed by atoms with E-state index in [0.29, 0.717) is 12.3 Å². The molecule has 1 atom stereocenters. The minimum Gasteiger partial charge on any atom is -0.461 e. The Bertz CT molecular complexity index is 554. The summed E-state index contributed by atoms with van der Waals surface area (Å²) >= 11 is 1.42. The van der Waals surface area contributed by atoms with Gasteiger partial charge in [-0.1, -0.05) is 30.3 Å². The van der Waals surface area contributed by atoms with E-state index in [1.165, 1.54) is 16.9 Å². The maximum atomic E-state index is 11.5. The van der Waals surface area contributed by atoms with E-state index >= 15 is 0 Å². The number of nitrogens with zero attached hydrogens (tertiary/aromatic N) is 1. The molecule has 0 aliphatic rings. The van der Waals surface area contributed by atoms with Crippen LogP contribution in [-0.2, 0) is 11.2 Å². The van der Waals surface area contributed by atoms with Crippen LogP contribution in [0.1, 0.15) is 29.9 Å². The molecule has 0 aliphatic carbocycles. The van der Waals surface area contributed by atoms with Crippen molar-refractivity contribution in [3.63, 3.8) is 0 Å². The molecule has 2 aromatic rings. The smallest absolute Gasteiger partial charge is 0.357 e. The van der Waals surface area contributed by atoms with Crippen molar-refractivity contribution < 1.29 is 9.53 Å². The Morgan fingerprint density at radius 1 is 1.40 bits per heavy atom. The summed E-state index contributed by atoms with van der Waals surface area (Å²) in [6.45, 7) is 4.24. The number of anilines is 1. The minimum absolute atomic E-state index is 0.249. The number of aromatic nitrogens is 1. The summed E-state index contributed by atoms with van der Waals surface area (Å²) in [5.41, 5.74) is 1.64. The first kappa shape index (κ1) is 14.5. The molecule has 0 saturated carbocycles. The van der Waals surface area contributed by atoms with Gasteiger partial charge in [0.05, 0.1) is 6.61 Å². The molecule has 0 spiro atoms. The van der Waals surface area contributed by atoms with E-state index in [9.17, 15) is 4.79 Å².